The highest BCUT2D eigenvalue weighted by atomic mass is 79.9. The topological polar surface area (TPSA) is 60.5 Å². The molecule has 2 fully saturated rings. The largest absolute Gasteiger partial charge is 0.458 e. The van der Waals surface area contributed by atoms with Crippen molar-refractivity contribution in [1.82, 2.24) is 10.3 Å². The first-order chi connectivity index (χ1) is 12.2. The van der Waals surface area contributed by atoms with Crippen LogP contribution >= 0.6 is 15.9 Å². The fraction of sp³-hybridized carbons (Fsp3) is 0.700. The molecule has 0 bridgehead atoms. The molecule has 1 N–H and O–H groups in total. The molecule has 1 aromatic heterocycles. The molecule has 0 aromatic carbocycles. The van der Waals surface area contributed by atoms with Gasteiger partial charge in [-0.25, -0.2) is 4.79 Å². The Morgan fingerprint density at radius 2 is 2.15 bits per heavy atom. The fourth-order valence-electron chi connectivity index (χ4n) is 4.39. The Kier molecular flexibility index (Phi) is 5.75. The van der Waals surface area contributed by atoms with Crippen LogP contribution < -0.4 is 5.32 Å². The van der Waals surface area contributed by atoms with E-state index in [0.29, 0.717) is 0 Å². The maximum absolute atomic E-state index is 12.3. The van der Waals surface area contributed by atoms with Crippen molar-refractivity contribution >= 4 is 21.9 Å². The Balaban J connectivity index is 1.82. The number of hydrogen-bond acceptors (Lipinski definition) is 5. The van der Waals surface area contributed by atoms with Gasteiger partial charge in [-0.2, -0.15) is 0 Å². The fourth-order valence-corrected chi connectivity index (χ4v) is 5.00. The van der Waals surface area contributed by atoms with E-state index in [1.807, 2.05) is 26.8 Å². The van der Waals surface area contributed by atoms with Gasteiger partial charge in [0.05, 0.1) is 5.60 Å². The van der Waals surface area contributed by atoms with E-state index in [2.05, 4.69) is 26.2 Å². The highest BCUT2D eigenvalue weighted by Crippen LogP contribution is 2.55. The zero-order valence-corrected chi connectivity index (χ0v) is 17.5. The number of carbonyl (C=O) groups is 1. The van der Waals surface area contributed by atoms with Crippen LogP contribution in [0.15, 0.2) is 22.9 Å². The number of nitrogens with zero attached hydrogens (tertiary/aromatic N) is 1. The molecule has 1 aromatic rings. The highest BCUT2D eigenvalue weighted by Gasteiger charge is 2.51. The molecule has 1 aliphatic carbocycles. The third-order valence-corrected chi connectivity index (χ3v) is 6.06. The molecule has 2 atom stereocenters. The van der Waals surface area contributed by atoms with E-state index in [4.69, 9.17) is 9.47 Å². The Bertz CT molecular complexity index is 653. The summed E-state index contributed by atoms with van der Waals surface area (Å²) in [5, 5.41) is 3.55. The molecule has 6 heteroatoms. The zero-order chi connectivity index (χ0) is 18.8. The van der Waals surface area contributed by atoms with Gasteiger partial charge in [-0.1, -0.05) is 0 Å². The van der Waals surface area contributed by atoms with Crippen molar-refractivity contribution in [3.8, 4) is 0 Å². The van der Waals surface area contributed by atoms with Crippen LogP contribution in [0.1, 0.15) is 58.4 Å². The first kappa shape index (κ1) is 19.8. The molecular formula is C20H29BrN2O3. The molecule has 2 aliphatic rings. The summed E-state index contributed by atoms with van der Waals surface area (Å²) in [5.41, 5.74) is 0.347. The van der Waals surface area contributed by atoms with Crippen LogP contribution in [0.2, 0.25) is 0 Å². The average molecular weight is 425 g/mol. The van der Waals surface area contributed by atoms with Crippen LogP contribution in [0.5, 0.6) is 0 Å². The van der Waals surface area contributed by atoms with E-state index >= 15 is 0 Å². The summed E-state index contributed by atoms with van der Waals surface area (Å²) in [6.07, 6.45) is 8.92. The van der Waals surface area contributed by atoms with Gasteiger partial charge in [0.15, 0.2) is 0 Å². The summed E-state index contributed by atoms with van der Waals surface area (Å²) in [4.78, 5) is 16.4. The lowest BCUT2D eigenvalue weighted by molar-refractivity contribution is -0.168. The van der Waals surface area contributed by atoms with Crippen molar-refractivity contribution in [3.63, 3.8) is 0 Å². The van der Waals surface area contributed by atoms with Crippen molar-refractivity contribution < 1.29 is 14.3 Å². The number of hydrogen-bond donors (Lipinski definition) is 1. The van der Waals surface area contributed by atoms with Gasteiger partial charge in [-0.3, -0.25) is 4.98 Å². The third-order valence-electron chi connectivity index (χ3n) is 5.43. The quantitative estimate of drug-likeness (QED) is 0.741. The predicted octanol–water partition coefficient (Wildman–Crippen LogP) is 3.95. The first-order valence-electron chi connectivity index (χ1n) is 9.40. The van der Waals surface area contributed by atoms with Crippen molar-refractivity contribution in [2.75, 3.05) is 19.7 Å². The molecule has 1 spiro atoms. The third kappa shape index (κ3) is 4.46. The molecule has 2 heterocycles. The number of nitrogens with one attached hydrogen (secondary N) is 1. The second-order valence-electron chi connectivity index (χ2n) is 8.68. The summed E-state index contributed by atoms with van der Waals surface area (Å²) >= 11 is 3.64. The van der Waals surface area contributed by atoms with Gasteiger partial charge in [0, 0.05) is 29.0 Å². The van der Waals surface area contributed by atoms with Crippen molar-refractivity contribution in [2.24, 2.45) is 5.41 Å². The van der Waals surface area contributed by atoms with Gasteiger partial charge in [-0.05, 0) is 86.8 Å². The monoisotopic (exact) mass is 424 g/mol. The Labute approximate surface area is 164 Å². The average Bonchev–Trinajstić information content (AvgIpc) is 2.92. The Morgan fingerprint density at radius 3 is 2.81 bits per heavy atom. The molecule has 5 nitrogen and oxygen atoms in total. The molecule has 1 saturated carbocycles. The van der Waals surface area contributed by atoms with Crippen molar-refractivity contribution in [1.29, 1.82) is 0 Å². The summed E-state index contributed by atoms with van der Waals surface area (Å²) in [5.74, 6) is -0.315. The molecule has 26 heavy (non-hydrogen) atoms. The number of pyridine rings is 1. The number of rotatable bonds is 4. The molecule has 3 rings (SSSR count). The lowest BCUT2D eigenvalue weighted by Gasteiger charge is -2.37. The molecular weight excluding hydrogens is 396 g/mol. The number of ether oxygens (including phenoxy) is 2. The maximum atomic E-state index is 12.3. The van der Waals surface area contributed by atoms with Crippen LogP contribution in [0.3, 0.4) is 0 Å². The van der Waals surface area contributed by atoms with Gasteiger partial charge in [0.25, 0.3) is 0 Å². The van der Waals surface area contributed by atoms with Crippen LogP contribution in [0.25, 0.3) is 0 Å². The van der Waals surface area contributed by atoms with Crippen LogP contribution in [0, 0.1) is 5.41 Å². The second kappa shape index (κ2) is 7.56. The summed E-state index contributed by atoms with van der Waals surface area (Å²) in [7, 11) is 0. The highest BCUT2D eigenvalue weighted by molar-refractivity contribution is 9.10. The van der Waals surface area contributed by atoms with E-state index in [9.17, 15) is 4.79 Å². The summed E-state index contributed by atoms with van der Waals surface area (Å²) in [6, 6.07) is 2.01. The number of piperidine rings is 1. The molecule has 1 saturated heterocycles. The van der Waals surface area contributed by atoms with Gasteiger partial charge < -0.3 is 14.8 Å². The molecule has 0 amide bonds. The van der Waals surface area contributed by atoms with Crippen LogP contribution in [-0.2, 0) is 19.9 Å². The van der Waals surface area contributed by atoms with E-state index < -0.39 is 11.2 Å². The van der Waals surface area contributed by atoms with Gasteiger partial charge in [-0.15, -0.1) is 0 Å². The van der Waals surface area contributed by atoms with Gasteiger partial charge in [0.1, 0.15) is 12.2 Å². The van der Waals surface area contributed by atoms with Gasteiger partial charge in [0.2, 0.25) is 0 Å². The molecule has 2 unspecified atom stereocenters. The number of aromatic nitrogens is 1. The Hall–Kier alpha value is -0.980. The van der Waals surface area contributed by atoms with E-state index in [1.54, 1.807) is 12.4 Å². The lowest BCUT2D eigenvalue weighted by Crippen LogP contribution is -2.40. The van der Waals surface area contributed by atoms with Crippen LogP contribution in [-0.4, -0.2) is 36.3 Å². The smallest absolute Gasteiger partial charge is 0.332 e. The first-order valence-corrected chi connectivity index (χ1v) is 10.2. The number of carbonyl (C=O) groups excluding carboxylic acids is 1. The molecule has 0 radical (unpaired) electrons. The number of halogens is 1. The molecule has 144 valence electrons. The van der Waals surface area contributed by atoms with E-state index in [0.717, 1.165) is 42.4 Å². The standard InChI is InChI=1S/C20H29BrN2O3/c1-18(2,3)26-17(24)12-25-20(15-5-10-22-11-16(15)21)8-7-19(13-20)6-4-9-23-14-19/h5,10-11,23H,4,6-9,12-14H2,1-3H3. The maximum Gasteiger partial charge on any atom is 0.332 e. The van der Waals surface area contributed by atoms with Crippen molar-refractivity contribution in [2.45, 2.75) is 64.1 Å². The minimum Gasteiger partial charge on any atom is -0.458 e. The van der Waals surface area contributed by atoms with Gasteiger partial charge >= 0.3 is 5.97 Å². The predicted molar refractivity (Wildman–Crippen MR) is 104 cm³/mol. The second-order valence-corrected chi connectivity index (χ2v) is 9.54. The minimum atomic E-state index is -0.505. The molecule has 1 aliphatic heterocycles. The van der Waals surface area contributed by atoms with Crippen molar-refractivity contribution in [3.05, 3.63) is 28.5 Å². The number of esters is 1. The lowest BCUT2D eigenvalue weighted by atomic mass is 9.77. The Morgan fingerprint density at radius 1 is 1.35 bits per heavy atom. The SMILES string of the molecule is CC(C)(C)OC(=O)COC1(c2ccncc2Br)CCC2(CCCNC2)C1. The van der Waals surface area contributed by atoms with Crippen LogP contribution in [0.4, 0.5) is 0 Å². The normalized spacial score (nSPS) is 29.1. The van der Waals surface area contributed by atoms with E-state index in [1.165, 1.54) is 12.8 Å². The summed E-state index contributed by atoms with van der Waals surface area (Å²) in [6.45, 7) is 7.70. The van der Waals surface area contributed by atoms with E-state index in [-0.39, 0.29) is 18.0 Å². The minimum absolute atomic E-state index is 0.0322. The zero-order valence-electron chi connectivity index (χ0n) is 15.9. The summed E-state index contributed by atoms with van der Waals surface area (Å²) < 4.78 is 12.7.